The summed E-state index contributed by atoms with van der Waals surface area (Å²) in [5.74, 6) is 0.525. The average Bonchev–Trinajstić information content (AvgIpc) is 2.19. The largest absolute Gasteiger partial charge is 0.481 e. The molecule has 0 aromatic carbocycles. The van der Waals surface area contributed by atoms with E-state index < -0.39 is 0 Å². The summed E-state index contributed by atoms with van der Waals surface area (Å²) in [6.45, 7) is 2.35. The number of pyridine rings is 1. The SMILES string of the molecule is COc1cc(C(CN)CO)cc(C)n1. The van der Waals surface area contributed by atoms with Gasteiger partial charge in [-0.05, 0) is 18.6 Å². The fraction of sp³-hybridized carbons (Fsp3) is 0.500. The molecule has 0 saturated heterocycles. The second-order valence-electron chi connectivity index (χ2n) is 3.20. The highest BCUT2D eigenvalue weighted by Crippen LogP contribution is 2.19. The number of ether oxygens (including phenoxy) is 1. The highest BCUT2D eigenvalue weighted by Gasteiger charge is 2.10. The zero-order valence-electron chi connectivity index (χ0n) is 8.53. The molecule has 1 unspecified atom stereocenters. The Labute approximate surface area is 83.7 Å². The Kier molecular flexibility index (Phi) is 3.85. The Morgan fingerprint density at radius 1 is 1.57 bits per heavy atom. The monoisotopic (exact) mass is 196 g/mol. The van der Waals surface area contributed by atoms with Crippen LogP contribution in [-0.4, -0.2) is 30.4 Å². The number of aryl methyl sites for hydroxylation is 1. The van der Waals surface area contributed by atoms with E-state index in [1.807, 2.05) is 13.0 Å². The summed E-state index contributed by atoms with van der Waals surface area (Å²) in [6, 6.07) is 3.72. The smallest absolute Gasteiger partial charge is 0.213 e. The van der Waals surface area contributed by atoms with Gasteiger partial charge in [-0.25, -0.2) is 4.98 Å². The van der Waals surface area contributed by atoms with Crippen LogP contribution in [0, 0.1) is 6.92 Å². The lowest BCUT2D eigenvalue weighted by Crippen LogP contribution is -2.16. The van der Waals surface area contributed by atoms with E-state index in [4.69, 9.17) is 15.6 Å². The second-order valence-corrected chi connectivity index (χ2v) is 3.20. The van der Waals surface area contributed by atoms with E-state index in [1.54, 1.807) is 13.2 Å². The van der Waals surface area contributed by atoms with E-state index >= 15 is 0 Å². The minimum Gasteiger partial charge on any atom is -0.481 e. The van der Waals surface area contributed by atoms with Gasteiger partial charge in [0.25, 0.3) is 0 Å². The van der Waals surface area contributed by atoms with Crippen LogP contribution in [0.1, 0.15) is 17.2 Å². The van der Waals surface area contributed by atoms with E-state index in [0.717, 1.165) is 11.3 Å². The molecule has 0 fully saturated rings. The first-order chi connectivity index (χ1) is 6.71. The number of nitrogens with zero attached hydrogens (tertiary/aromatic N) is 1. The quantitative estimate of drug-likeness (QED) is 0.733. The fourth-order valence-electron chi connectivity index (χ4n) is 1.32. The van der Waals surface area contributed by atoms with Gasteiger partial charge in [-0.3, -0.25) is 0 Å². The number of hydrogen-bond donors (Lipinski definition) is 2. The maximum absolute atomic E-state index is 9.09. The Bertz CT molecular complexity index is 298. The Morgan fingerprint density at radius 2 is 2.29 bits per heavy atom. The Morgan fingerprint density at radius 3 is 2.79 bits per heavy atom. The van der Waals surface area contributed by atoms with Gasteiger partial charge in [0, 0.05) is 24.2 Å². The molecule has 1 aromatic heterocycles. The molecule has 14 heavy (non-hydrogen) atoms. The van der Waals surface area contributed by atoms with Gasteiger partial charge in [-0.2, -0.15) is 0 Å². The second kappa shape index (κ2) is 4.93. The third-order valence-electron chi connectivity index (χ3n) is 2.14. The van der Waals surface area contributed by atoms with Crippen LogP contribution >= 0.6 is 0 Å². The number of nitrogens with two attached hydrogens (primary N) is 1. The van der Waals surface area contributed by atoms with Crippen molar-refractivity contribution in [1.82, 2.24) is 4.98 Å². The summed E-state index contributed by atoms with van der Waals surface area (Å²) in [5.41, 5.74) is 7.37. The molecular weight excluding hydrogens is 180 g/mol. The predicted molar refractivity (Wildman–Crippen MR) is 54.4 cm³/mol. The molecule has 3 N–H and O–H groups in total. The van der Waals surface area contributed by atoms with Crippen molar-refractivity contribution in [2.75, 3.05) is 20.3 Å². The van der Waals surface area contributed by atoms with Crippen molar-refractivity contribution < 1.29 is 9.84 Å². The Hall–Kier alpha value is -1.13. The molecule has 4 heteroatoms. The van der Waals surface area contributed by atoms with Crippen molar-refractivity contribution >= 4 is 0 Å². The number of rotatable bonds is 4. The molecule has 4 nitrogen and oxygen atoms in total. The van der Waals surface area contributed by atoms with Gasteiger partial charge in [0.2, 0.25) is 5.88 Å². The zero-order chi connectivity index (χ0) is 10.6. The van der Waals surface area contributed by atoms with E-state index in [-0.39, 0.29) is 12.5 Å². The van der Waals surface area contributed by atoms with Crippen LogP contribution in [0.3, 0.4) is 0 Å². The Balaban J connectivity index is 3.01. The van der Waals surface area contributed by atoms with Crippen LogP contribution in [0.25, 0.3) is 0 Å². The van der Waals surface area contributed by atoms with Crippen molar-refractivity contribution in [2.45, 2.75) is 12.8 Å². The first-order valence-corrected chi connectivity index (χ1v) is 4.54. The van der Waals surface area contributed by atoms with Gasteiger partial charge in [0.1, 0.15) is 0 Å². The number of aliphatic hydroxyl groups excluding tert-OH is 1. The summed E-state index contributed by atoms with van der Waals surface area (Å²) in [4.78, 5) is 4.16. The number of aromatic nitrogens is 1. The molecule has 1 atom stereocenters. The molecule has 0 spiro atoms. The van der Waals surface area contributed by atoms with Gasteiger partial charge < -0.3 is 15.6 Å². The lowest BCUT2D eigenvalue weighted by atomic mass is 10.0. The minimum absolute atomic E-state index is 0.0365. The lowest BCUT2D eigenvalue weighted by molar-refractivity contribution is 0.267. The van der Waals surface area contributed by atoms with Crippen molar-refractivity contribution in [2.24, 2.45) is 5.73 Å². The molecule has 1 aromatic rings. The first-order valence-electron chi connectivity index (χ1n) is 4.54. The van der Waals surface area contributed by atoms with Gasteiger partial charge in [-0.1, -0.05) is 0 Å². The fourth-order valence-corrected chi connectivity index (χ4v) is 1.32. The summed E-state index contributed by atoms with van der Waals surface area (Å²) in [5, 5.41) is 9.09. The normalized spacial score (nSPS) is 12.6. The van der Waals surface area contributed by atoms with Crippen molar-refractivity contribution in [1.29, 1.82) is 0 Å². The van der Waals surface area contributed by atoms with Crippen molar-refractivity contribution in [3.05, 3.63) is 23.4 Å². The van der Waals surface area contributed by atoms with Crippen LogP contribution in [-0.2, 0) is 0 Å². The van der Waals surface area contributed by atoms with Crippen molar-refractivity contribution in [3.63, 3.8) is 0 Å². The highest BCUT2D eigenvalue weighted by atomic mass is 16.5. The summed E-state index contributed by atoms with van der Waals surface area (Å²) >= 11 is 0. The average molecular weight is 196 g/mol. The van der Waals surface area contributed by atoms with E-state index in [9.17, 15) is 0 Å². The van der Waals surface area contributed by atoms with E-state index in [0.29, 0.717) is 12.4 Å². The summed E-state index contributed by atoms with van der Waals surface area (Å²) in [6.07, 6.45) is 0. The van der Waals surface area contributed by atoms with E-state index in [1.165, 1.54) is 0 Å². The van der Waals surface area contributed by atoms with Gasteiger partial charge in [-0.15, -0.1) is 0 Å². The summed E-state index contributed by atoms with van der Waals surface area (Å²) in [7, 11) is 1.57. The molecule has 0 amide bonds. The molecule has 0 saturated carbocycles. The molecule has 1 rings (SSSR count). The minimum atomic E-state index is -0.0365. The number of hydrogen-bond acceptors (Lipinski definition) is 4. The van der Waals surface area contributed by atoms with Gasteiger partial charge in [0.05, 0.1) is 13.7 Å². The highest BCUT2D eigenvalue weighted by molar-refractivity contribution is 5.28. The molecule has 78 valence electrons. The van der Waals surface area contributed by atoms with Crippen LogP contribution in [0.5, 0.6) is 5.88 Å². The predicted octanol–water partition coefficient (Wildman–Crippen LogP) is 0.433. The molecule has 0 aliphatic rings. The van der Waals surface area contributed by atoms with Crippen LogP contribution in [0.4, 0.5) is 0 Å². The first kappa shape index (κ1) is 10.9. The zero-order valence-corrected chi connectivity index (χ0v) is 8.53. The molecule has 0 bridgehead atoms. The number of aliphatic hydroxyl groups is 1. The number of methoxy groups -OCH3 is 1. The topological polar surface area (TPSA) is 68.4 Å². The molecular formula is C10H16N2O2. The van der Waals surface area contributed by atoms with E-state index in [2.05, 4.69) is 4.98 Å². The van der Waals surface area contributed by atoms with Crippen LogP contribution < -0.4 is 10.5 Å². The lowest BCUT2D eigenvalue weighted by Gasteiger charge is -2.13. The van der Waals surface area contributed by atoms with Crippen LogP contribution in [0.2, 0.25) is 0 Å². The third-order valence-corrected chi connectivity index (χ3v) is 2.14. The maximum atomic E-state index is 9.09. The summed E-state index contributed by atoms with van der Waals surface area (Å²) < 4.78 is 5.04. The molecule has 0 radical (unpaired) electrons. The van der Waals surface area contributed by atoms with Gasteiger partial charge >= 0.3 is 0 Å². The molecule has 0 aliphatic carbocycles. The van der Waals surface area contributed by atoms with Gasteiger partial charge in [0.15, 0.2) is 0 Å². The molecule has 1 heterocycles. The standard InChI is InChI=1S/C10H16N2O2/c1-7-3-8(9(5-11)6-13)4-10(12-7)14-2/h3-4,9,13H,5-6,11H2,1-2H3. The maximum Gasteiger partial charge on any atom is 0.213 e. The van der Waals surface area contributed by atoms with Crippen molar-refractivity contribution in [3.8, 4) is 5.88 Å². The molecule has 0 aliphatic heterocycles. The third kappa shape index (κ3) is 2.43. The van der Waals surface area contributed by atoms with Crippen LogP contribution in [0.15, 0.2) is 12.1 Å².